The summed E-state index contributed by atoms with van der Waals surface area (Å²) in [5.41, 5.74) is 0.570. The lowest BCUT2D eigenvalue weighted by atomic mass is 9.99. The Kier molecular flexibility index (Phi) is 4.80. The van der Waals surface area contributed by atoms with Crippen LogP contribution in [0.25, 0.3) is 0 Å². The quantitative estimate of drug-likeness (QED) is 0.917. The molecule has 0 amide bonds. The zero-order valence-electron chi connectivity index (χ0n) is 9.94. The summed E-state index contributed by atoms with van der Waals surface area (Å²) in [4.78, 5) is 6.56. The maximum atomic E-state index is 12.3. The first-order chi connectivity index (χ1) is 8.21. The van der Waals surface area contributed by atoms with Crippen LogP contribution in [-0.2, 0) is 17.2 Å². The molecule has 0 aliphatic heterocycles. The Morgan fingerprint density at radius 1 is 1.33 bits per heavy atom. The van der Waals surface area contributed by atoms with Gasteiger partial charge in [0.15, 0.2) is 0 Å². The Hall–Kier alpha value is -1.02. The van der Waals surface area contributed by atoms with Gasteiger partial charge in [0.05, 0.1) is 11.0 Å². The number of halogens is 3. The number of nitrogens with two attached hydrogens (primary N) is 1. The molecular formula is C10H14F3N3OS. The third-order valence-electron chi connectivity index (χ3n) is 2.58. The Labute approximate surface area is 105 Å². The first-order valence-corrected chi connectivity index (χ1v) is 6.53. The van der Waals surface area contributed by atoms with E-state index in [2.05, 4.69) is 9.97 Å². The minimum atomic E-state index is -4.53. The van der Waals surface area contributed by atoms with E-state index in [1.807, 2.05) is 0 Å². The van der Waals surface area contributed by atoms with Crippen molar-refractivity contribution in [3.63, 3.8) is 0 Å². The van der Waals surface area contributed by atoms with E-state index in [1.54, 1.807) is 13.8 Å². The summed E-state index contributed by atoms with van der Waals surface area (Å²) in [6.07, 6.45) is -1.75. The summed E-state index contributed by atoms with van der Waals surface area (Å²) >= 11 is 0. The van der Waals surface area contributed by atoms with Crippen molar-refractivity contribution < 1.29 is 17.4 Å². The molecule has 0 saturated heterocycles. The largest absolute Gasteiger partial charge is 0.451 e. The number of hydrogen-bond donors (Lipinski definition) is 1. The van der Waals surface area contributed by atoms with E-state index in [9.17, 15) is 17.4 Å². The average Bonchev–Trinajstić information content (AvgIpc) is 2.27. The van der Waals surface area contributed by atoms with E-state index in [-0.39, 0.29) is 11.2 Å². The Balaban J connectivity index is 2.76. The molecular weight excluding hydrogens is 267 g/mol. The van der Waals surface area contributed by atoms with Crippen molar-refractivity contribution >= 4 is 11.0 Å². The van der Waals surface area contributed by atoms with Crippen LogP contribution in [0.1, 0.15) is 37.6 Å². The maximum absolute atomic E-state index is 12.3. The van der Waals surface area contributed by atoms with Crippen molar-refractivity contribution in [3.8, 4) is 0 Å². The van der Waals surface area contributed by atoms with Crippen molar-refractivity contribution in [2.45, 2.75) is 37.6 Å². The number of nitrogens with zero attached hydrogens (tertiary/aromatic N) is 2. The van der Waals surface area contributed by atoms with Crippen LogP contribution in [0, 0.1) is 0 Å². The van der Waals surface area contributed by atoms with Gasteiger partial charge in [0.2, 0.25) is 5.82 Å². The van der Waals surface area contributed by atoms with Crippen LogP contribution in [0.15, 0.2) is 12.4 Å². The van der Waals surface area contributed by atoms with Crippen LogP contribution < -0.4 is 5.14 Å². The predicted molar refractivity (Wildman–Crippen MR) is 61.9 cm³/mol. The first-order valence-electron chi connectivity index (χ1n) is 5.26. The van der Waals surface area contributed by atoms with Gasteiger partial charge in [-0.2, -0.15) is 13.2 Å². The number of aromatic nitrogens is 2. The van der Waals surface area contributed by atoms with Crippen LogP contribution in [0.4, 0.5) is 13.2 Å². The van der Waals surface area contributed by atoms with Crippen LogP contribution >= 0.6 is 0 Å². The minimum absolute atomic E-state index is 0.102. The van der Waals surface area contributed by atoms with Crippen LogP contribution in [0.5, 0.6) is 0 Å². The molecule has 2 N–H and O–H groups in total. The van der Waals surface area contributed by atoms with Crippen molar-refractivity contribution in [1.82, 2.24) is 9.97 Å². The highest BCUT2D eigenvalue weighted by Gasteiger charge is 2.34. The van der Waals surface area contributed by atoms with Gasteiger partial charge in [-0.1, -0.05) is 6.92 Å². The van der Waals surface area contributed by atoms with E-state index in [0.29, 0.717) is 12.0 Å². The van der Waals surface area contributed by atoms with Gasteiger partial charge in [-0.25, -0.2) is 14.2 Å². The molecule has 102 valence electrons. The monoisotopic (exact) mass is 281 g/mol. The van der Waals surface area contributed by atoms with Crippen LogP contribution in [0.3, 0.4) is 0 Å². The Morgan fingerprint density at radius 3 is 2.22 bits per heavy atom. The molecule has 2 unspecified atom stereocenters. The summed E-state index contributed by atoms with van der Waals surface area (Å²) in [5, 5.41) is 5.00. The third-order valence-corrected chi connectivity index (χ3v) is 3.56. The van der Waals surface area contributed by atoms with E-state index in [1.165, 1.54) is 0 Å². The molecule has 8 heteroatoms. The highest BCUT2D eigenvalue weighted by Crippen LogP contribution is 2.27. The molecule has 1 rings (SSSR count). The standard InChI is InChI=1S/C10H14F3N3OS/c1-6(3-7(2)18(14)17)8-4-15-9(16-5-8)10(11,12)13/h4-7H,3,14H2,1-2H3/t6-,7?,18?/m1/s1. The molecule has 4 nitrogen and oxygen atoms in total. The highest BCUT2D eigenvalue weighted by molar-refractivity contribution is 7.83. The molecule has 1 heterocycles. The van der Waals surface area contributed by atoms with Crippen LogP contribution in [0.2, 0.25) is 0 Å². The zero-order chi connectivity index (χ0) is 13.9. The van der Waals surface area contributed by atoms with Gasteiger partial charge in [0, 0.05) is 17.6 Å². The maximum Gasteiger partial charge on any atom is 0.451 e. The van der Waals surface area contributed by atoms with E-state index >= 15 is 0 Å². The van der Waals surface area contributed by atoms with Gasteiger partial charge in [-0.15, -0.1) is 0 Å². The number of rotatable bonds is 4. The second-order valence-corrected chi connectivity index (χ2v) is 5.58. The van der Waals surface area contributed by atoms with Gasteiger partial charge < -0.3 is 0 Å². The fourth-order valence-electron chi connectivity index (χ4n) is 1.47. The Morgan fingerprint density at radius 2 is 1.83 bits per heavy atom. The fourth-order valence-corrected chi connectivity index (χ4v) is 1.95. The van der Waals surface area contributed by atoms with Gasteiger partial charge in [-0.3, -0.25) is 5.14 Å². The second-order valence-electron chi connectivity index (χ2n) is 4.11. The normalized spacial score (nSPS) is 17.2. The molecule has 0 radical (unpaired) electrons. The lowest BCUT2D eigenvalue weighted by Crippen LogP contribution is -2.20. The molecule has 3 atom stereocenters. The van der Waals surface area contributed by atoms with E-state index in [4.69, 9.17) is 5.14 Å². The van der Waals surface area contributed by atoms with E-state index < -0.39 is 23.0 Å². The SMILES string of the molecule is CC(C[C@@H](C)c1cnc(C(F)(F)F)nc1)S(N)=O. The van der Waals surface area contributed by atoms with Crippen molar-refractivity contribution in [1.29, 1.82) is 0 Å². The van der Waals surface area contributed by atoms with E-state index in [0.717, 1.165) is 12.4 Å². The summed E-state index contributed by atoms with van der Waals surface area (Å²) < 4.78 is 47.8. The molecule has 0 aromatic carbocycles. The first kappa shape index (κ1) is 15.0. The highest BCUT2D eigenvalue weighted by atomic mass is 32.2. The minimum Gasteiger partial charge on any atom is -0.252 e. The molecule has 0 aliphatic rings. The molecule has 0 saturated carbocycles. The summed E-state index contributed by atoms with van der Waals surface area (Å²) in [7, 11) is -1.44. The predicted octanol–water partition coefficient (Wildman–Crippen LogP) is 2.00. The topological polar surface area (TPSA) is 68.9 Å². The molecule has 1 aromatic heterocycles. The Bertz CT molecular complexity index is 421. The molecule has 1 aromatic rings. The van der Waals surface area contributed by atoms with Gasteiger partial charge in [-0.05, 0) is 24.8 Å². The molecule has 0 bridgehead atoms. The molecule has 0 fully saturated rings. The summed E-state index contributed by atoms with van der Waals surface area (Å²) in [5.74, 6) is -1.26. The van der Waals surface area contributed by atoms with Gasteiger partial charge >= 0.3 is 6.18 Å². The lowest BCUT2D eigenvalue weighted by Gasteiger charge is -2.15. The molecule has 18 heavy (non-hydrogen) atoms. The van der Waals surface area contributed by atoms with Gasteiger partial charge in [0.1, 0.15) is 0 Å². The average molecular weight is 281 g/mol. The lowest BCUT2D eigenvalue weighted by molar-refractivity contribution is -0.145. The third kappa shape index (κ3) is 4.02. The van der Waals surface area contributed by atoms with Crippen molar-refractivity contribution in [2.24, 2.45) is 5.14 Å². The van der Waals surface area contributed by atoms with Crippen molar-refractivity contribution in [2.75, 3.05) is 0 Å². The smallest absolute Gasteiger partial charge is 0.252 e. The van der Waals surface area contributed by atoms with Gasteiger partial charge in [0.25, 0.3) is 0 Å². The summed E-state index contributed by atoms with van der Waals surface area (Å²) in [6.45, 7) is 3.52. The van der Waals surface area contributed by atoms with Crippen LogP contribution in [-0.4, -0.2) is 19.4 Å². The zero-order valence-corrected chi connectivity index (χ0v) is 10.8. The van der Waals surface area contributed by atoms with Crippen molar-refractivity contribution in [3.05, 3.63) is 23.8 Å². The second kappa shape index (κ2) is 5.75. The molecule has 0 aliphatic carbocycles. The summed E-state index contributed by atoms with van der Waals surface area (Å²) in [6, 6.07) is 0. The number of hydrogen-bond acceptors (Lipinski definition) is 3. The fraction of sp³-hybridized carbons (Fsp3) is 0.600. The number of alkyl halides is 3. The molecule has 0 spiro atoms.